The molecule has 1 fully saturated rings. The maximum atomic E-state index is 13.5. The minimum Gasteiger partial charge on any atom is -0.313 e. The minimum absolute atomic E-state index is 0.0857. The summed E-state index contributed by atoms with van der Waals surface area (Å²) in [5.41, 5.74) is 0.809. The zero-order valence-electron chi connectivity index (χ0n) is 10.5. The van der Waals surface area contributed by atoms with Gasteiger partial charge >= 0.3 is 0 Å². The predicted octanol–water partition coefficient (Wildman–Crippen LogP) is 2.40. The van der Waals surface area contributed by atoms with Crippen molar-refractivity contribution in [1.82, 2.24) is 10.2 Å². The molecule has 2 nitrogen and oxygen atoms in total. The van der Waals surface area contributed by atoms with Crippen LogP contribution in [-0.2, 0) is 6.54 Å². The second-order valence-corrected chi connectivity index (χ2v) is 4.77. The van der Waals surface area contributed by atoms with E-state index in [4.69, 9.17) is 0 Å². The number of nitrogens with one attached hydrogen (secondary N) is 1. The van der Waals surface area contributed by atoms with Gasteiger partial charge in [0, 0.05) is 31.2 Å². The van der Waals surface area contributed by atoms with E-state index in [-0.39, 0.29) is 5.82 Å². The van der Waals surface area contributed by atoms with E-state index in [9.17, 15) is 4.39 Å². The fourth-order valence-electron chi connectivity index (χ4n) is 2.36. The van der Waals surface area contributed by atoms with Crippen molar-refractivity contribution in [3.8, 4) is 0 Å². The van der Waals surface area contributed by atoms with Crippen LogP contribution in [-0.4, -0.2) is 30.6 Å². The summed E-state index contributed by atoms with van der Waals surface area (Å²) in [7, 11) is 0. The minimum atomic E-state index is -0.0857. The summed E-state index contributed by atoms with van der Waals surface area (Å²) < 4.78 is 13.5. The molecule has 2 rings (SSSR count). The lowest BCUT2D eigenvalue weighted by molar-refractivity contribution is 0.315. The first-order valence-electron chi connectivity index (χ1n) is 6.48. The molecule has 0 aromatic heterocycles. The van der Waals surface area contributed by atoms with Gasteiger partial charge in [-0.1, -0.05) is 25.1 Å². The maximum absolute atomic E-state index is 13.5. The van der Waals surface area contributed by atoms with E-state index in [0.717, 1.165) is 31.7 Å². The van der Waals surface area contributed by atoms with E-state index < -0.39 is 0 Å². The molecule has 1 aliphatic heterocycles. The molecule has 0 saturated carbocycles. The molecule has 1 aromatic carbocycles. The van der Waals surface area contributed by atoms with Crippen molar-refractivity contribution in [3.05, 3.63) is 35.6 Å². The molecular weight excluding hydrogens is 215 g/mol. The molecule has 1 atom stereocenters. The fourth-order valence-corrected chi connectivity index (χ4v) is 2.36. The van der Waals surface area contributed by atoms with Crippen LogP contribution in [0.4, 0.5) is 4.39 Å². The summed E-state index contributed by atoms with van der Waals surface area (Å²) in [4.78, 5) is 2.33. The van der Waals surface area contributed by atoms with Gasteiger partial charge in [-0.15, -0.1) is 0 Å². The average molecular weight is 236 g/mol. The number of rotatable bonds is 5. The molecule has 0 aliphatic carbocycles. The standard InChI is InChI=1S/C14H21FN2/c1-2-8-16-13-7-9-17(11-13)10-12-5-3-4-6-14(12)15/h3-6,13,16H,2,7-11H2,1H3. The summed E-state index contributed by atoms with van der Waals surface area (Å²) >= 11 is 0. The van der Waals surface area contributed by atoms with Crippen LogP contribution < -0.4 is 5.32 Å². The molecule has 1 N–H and O–H groups in total. The first-order chi connectivity index (χ1) is 8.29. The highest BCUT2D eigenvalue weighted by molar-refractivity contribution is 5.17. The van der Waals surface area contributed by atoms with Crippen LogP contribution in [0, 0.1) is 5.82 Å². The van der Waals surface area contributed by atoms with Crippen LogP contribution in [0.25, 0.3) is 0 Å². The molecule has 0 radical (unpaired) electrons. The van der Waals surface area contributed by atoms with Gasteiger partial charge in [0.05, 0.1) is 0 Å². The number of nitrogens with zero attached hydrogens (tertiary/aromatic N) is 1. The third-order valence-electron chi connectivity index (χ3n) is 3.31. The van der Waals surface area contributed by atoms with Crippen LogP contribution in [0.5, 0.6) is 0 Å². The van der Waals surface area contributed by atoms with E-state index in [1.807, 2.05) is 12.1 Å². The first kappa shape index (κ1) is 12.5. The molecule has 1 unspecified atom stereocenters. The molecule has 0 amide bonds. The van der Waals surface area contributed by atoms with Crippen molar-refractivity contribution in [2.45, 2.75) is 32.4 Å². The normalized spacial score (nSPS) is 20.9. The summed E-state index contributed by atoms with van der Waals surface area (Å²) in [5, 5.41) is 3.53. The Morgan fingerprint density at radius 3 is 3.00 bits per heavy atom. The second-order valence-electron chi connectivity index (χ2n) is 4.77. The van der Waals surface area contributed by atoms with Gasteiger partial charge in [-0.2, -0.15) is 0 Å². The van der Waals surface area contributed by atoms with Gasteiger partial charge in [0.15, 0.2) is 0 Å². The van der Waals surface area contributed by atoms with Crippen LogP contribution in [0.3, 0.4) is 0 Å². The molecule has 1 aliphatic rings. The maximum Gasteiger partial charge on any atom is 0.127 e. The fraction of sp³-hybridized carbons (Fsp3) is 0.571. The lowest BCUT2D eigenvalue weighted by Crippen LogP contribution is -2.32. The van der Waals surface area contributed by atoms with Crippen molar-refractivity contribution in [3.63, 3.8) is 0 Å². The third kappa shape index (κ3) is 3.51. The van der Waals surface area contributed by atoms with Gasteiger partial charge in [-0.25, -0.2) is 4.39 Å². The molecular formula is C14H21FN2. The lowest BCUT2D eigenvalue weighted by atomic mass is 10.2. The van der Waals surface area contributed by atoms with Crippen LogP contribution in [0.2, 0.25) is 0 Å². The van der Waals surface area contributed by atoms with E-state index in [1.54, 1.807) is 6.07 Å². The predicted molar refractivity (Wildman–Crippen MR) is 68.4 cm³/mol. The summed E-state index contributed by atoms with van der Waals surface area (Å²) in [6.07, 6.45) is 2.35. The number of hydrogen-bond acceptors (Lipinski definition) is 2. The summed E-state index contributed by atoms with van der Waals surface area (Å²) in [5.74, 6) is -0.0857. The highest BCUT2D eigenvalue weighted by Gasteiger charge is 2.22. The highest BCUT2D eigenvalue weighted by atomic mass is 19.1. The Morgan fingerprint density at radius 2 is 2.24 bits per heavy atom. The number of benzene rings is 1. The van der Waals surface area contributed by atoms with Gasteiger partial charge in [-0.3, -0.25) is 4.90 Å². The molecule has 3 heteroatoms. The Kier molecular flexibility index (Phi) is 4.51. The van der Waals surface area contributed by atoms with E-state index >= 15 is 0 Å². The second kappa shape index (κ2) is 6.12. The number of likely N-dealkylation sites (tertiary alicyclic amines) is 1. The summed E-state index contributed by atoms with van der Waals surface area (Å²) in [6, 6.07) is 7.65. The zero-order valence-corrected chi connectivity index (χ0v) is 10.5. The molecule has 1 saturated heterocycles. The number of hydrogen-bond donors (Lipinski definition) is 1. The largest absolute Gasteiger partial charge is 0.313 e. The van der Waals surface area contributed by atoms with Crippen LogP contribution in [0.15, 0.2) is 24.3 Å². The molecule has 1 aromatic rings. The summed E-state index contributed by atoms with van der Waals surface area (Å²) in [6.45, 7) is 6.10. The zero-order chi connectivity index (χ0) is 12.1. The Hall–Kier alpha value is -0.930. The van der Waals surface area contributed by atoms with Gasteiger partial charge in [-0.05, 0) is 25.5 Å². The average Bonchev–Trinajstić information content (AvgIpc) is 2.77. The molecule has 94 valence electrons. The number of halogens is 1. The van der Waals surface area contributed by atoms with Crippen molar-refractivity contribution in [2.24, 2.45) is 0 Å². The quantitative estimate of drug-likeness (QED) is 0.844. The van der Waals surface area contributed by atoms with Gasteiger partial charge in [0.1, 0.15) is 5.82 Å². The Morgan fingerprint density at radius 1 is 1.41 bits per heavy atom. The Balaban J connectivity index is 1.83. The Labute approximate surface area is 103 Å². The SMILES string of the molecule is CCCNC1CCN(Cc2ccccc2F)C1. The first-order valence-corrected chi connectivity index (χ1v) is 6.48. The van der Waals surface area contributed by atoms with Gasteiger partial charge in [0.2, 0.25) is 0 Å². The van der Waals surface area contributed by atoms with Crippen molar-refractivity contribution < 1.29 is 4.39 Å². The molecule has 0 bridgehead atoms. The monoisotopic (exact) mass is 236 g/mol. The molecule has 17 heavy (non-hydrogen) atoms. The van der Waals surface area contributed by atoms with E-state index in [0.29, 0.717) is 6.04 Å². The molecule has 1 heterocycles. The highest BCUT2D eigenvalue weighted by Crippen LogP contribution is 2.15. The van der Waals surface area contributed by atoms with Gasteiger partial charge in [0.25, 0.3) is 0 Å². The lowest BCUT2D eigenvalue weighted by Gasteiger charge is -2.17. The third-order valence-corrected chi connectivity index (χ3v) is 3.31. The van der Waals surface area contributed by atoms with E-state index in [1.165, 1.54) is 18.9 Å². The molecule has 0 spiro atoms. The van der Waals surface area contributed by atoms with Gasteiger partial charge < -0.3 is 5.32 Å². The van der Waals surface area contributed by atoms with E-state index in [2.05, 4.69) is 17.1 Å². The van der Waals surface area contributed by atoms with Crippen molar-refractivity contribution in [1.29, 1.82) is 0 Å². The van der Waals surface area contributed by atoms with Crippen LogP contribution >= 0.6 is 0 Å². The smallest absolute Gasteiger partial charge is 0.127 e. The topological polar surface area (TPSA) is 15.3 Å². The Bertz CT molecular complexity index is 354. The van der Waals surface area contributed by atoms with Crippen molar-refractivity contribution in [2.75, 3.05) is 19.6 Å². The van der Waals surface area contributed by atoms with Crippen molar-refractivity contribution >= 4 is 0 Å². The van der Waals surface area contributed by atoms with Crippen LogP contribution in [0.1, 0.15) is 25.3 Å².